The van der Waals surface area contributed by atoms with Gasteiger partial charge < -0.3 is 21.3 Å². The van der Waals surface area contributed by atoms with E-state index in [4.69, 9.17) is 0 Å². The predicted octanol–water partition coefficient (Wildman–Crippen LogP) is 0.818. The van der Waals surface area contributed by atoms with Crippen LogP contribution in [0.4, 0.5) is 0 Å². The number of nitrogens with one attached hydrogen (secondary N) is 4. The Morgan fingerprint density at radius 2 is 1.43 bits per heavy atom. The van der Waals surface area contributed by atoms with Crippen LogP contribution in [0.2, 0.25) is 0 Å². The molecule has 0 aromatic heterocycles. The summed E-state index contributed by atoms with van der Waals surface area (Å²) in [6, 6.07) is -0.233. The maximum atomic E-state index is 12.4. The highest BCUT2D eigenvalue weighted by atomic mass is 16.2. The van der Waals surface area contributed by atoms with Crippen molar-refractivity contribution in [3.8, 4) is 0 Å². The predicted molar refractivity (Wildman–Crippen MR) is 95.6 cm³/mol. The van der Waals surface area contributed by atoms with Gasteiger partial charge in [0.05, 0.1) is 6.04 Å². The van der Waals surface area contributed by atoms with E-state index < -0.39 is 0 Å². The largest absolute Gasteiger partial charge is 0.352 e. The van der Waals surface area contributed by atoms with Gasteiger partial charge in [0.2, 0.25) is 5.91 Å². The van der Waals surface area contributed by atoms with E-state index >= 15 is 0 Å². The molecule has 0 rings (SSSR count). The molecule has 0 radical (unpaired) electrons. The van der Waals surface area contributed by atoms with E-state index in [1.54, 1.807) is 6.92 Å². The Bertz CT molecular complexity index is 324. The third-order valence-electron chi connectivity index (χ3n) is 3.94. The van der Waals surface area contributed by atoms with Gasteiger partial charge in [-0.15, -0.1) is 0 Å². The van der Waals surface area contributed by atoms with Crippen LogP contribution in [0.3, 0.4) is 0 Å². The molecule has 0 fully saturated rings. The molecule has 1 amide bonds. The van der Waals surface area contributed by atoms with Crippen molar-refractivity contribution in [2.45, 2.75) is 64.0 Å². The molecule has 0 aromatic rings. The molecule has 0 aliphatic carbocycles. The molecule has 2 atom stereocenters. The lowest BCUT2D eigenvalue weighted by atomic mass is 10.0. The van der Waals surface area contributed by atoms with Crippen LogP contribution in [0, 0.1) is 0 Å². The van der Waals surface area contributed by atoms with Crippen LogP contribution in [-0.2, 0) is 9.59 Å². The van der Waals surface area contributed by atoms with Crippen LogP contribution in [0.5, 0.6) is 0 Å². The second kappa shape index (κ2) is 14.6. The van der Waals surface area contributed by atoms with Gasteiger partial charge in [-0.2, -0.15) is 0 Å². The van der Waals surface area contributed by atoms with Gasteiger partial charge in [0.15, 0.2) is 0 Å². The normalized spacial score (nSPS) is 13.6. The Labute approximate surface area is 141 Å². The zero-order chi connectivity index (χ0) is 17.5. The van der Waals surface area contributed by atoms with Crippen molar-refractivity contribution in [2.75, 3.05) is 34.2 Å². The topological polar surface area (TPSA) is 82.3 Å². The van der Waals surface area contributed by atoms with Gasteiger partial charge in [0.25, 0.3) is 0 Å². The van der Waals surface area contributed by atoms with Crippen molar-refractivity contribution >= 4 is 11.7 Å². The number of Topliss-reactive ketones (excluding diaryl/α,β-unsaturated/α-hetero) is 1. The van der Waals surface area contributed by atoms with Crippen molar-refractivity contribution < 1.29 is 9.59 Å². The molecule has 6 heteroatoms. The smallest absolute Gasteiger partial charge is 0.237 e. The van der Waals surface area contributed by atoms with Gasteiger partial charge in [-0.25, -0.2) is 0 Å². The molecule has 0 aliphatic heterocycles. The summed E-state index contributed by atoms with van der Waals surface area (Å²) in [7, 11) is 5.68. The highest BCUT2D eigenvalue weighted by molar-refractivity contribution is 5.83. The highest BCUT2D eigenvalue weighted by Crippen LogP contribution is 2.07. The molecule has 0 saturated carbocycles. The standard InChI is InChI=1S/C17H36N4O2/c1-14(22)13-15(9-5-7-11-18-2)21-17(23)16(20-4)10-6-8-12-19-3/h15-16,18-20H,5-13H2,1-4H3,(H,21,23). The number of likely N-dealkylation sites (N-methyl/N-ethyl adjacent to an activating group) is 1. The molecule has 0 bridgehead atoms. The third kappa shape index (κ3) is 12.1. The quantitative estimate of drug-likeness (QED) is 0.335. The van der Waals surface area contributed by atoms with Crippen molar-refractivity contribution in [1.82, 2.24) is 21.3 Å². The summed E-state index contributed by atoms with van der Waals surface area (Å²) in [6.45, 7) is 3.52. The number of carbonyl (C=O) groups is 2. The van der Waals surface area contributed by atoms with E-state index in [9.17, 15) is 9.59 Å². The van der Waals surface area contributed by atoms with Crippen molar-refractivity contribution in [2.24, 2.45) is 0 Å². The van der Waals surface area contributed by atoms with E-state index in [2.05, 4.69) is 21.3 Å². The van der Waals surface area contributed by atoms with E-state index in [1.165, 1.54) is 0 Å². The molecule has 0 aliphatic rings. The zero-order valence-electron chi connectivity index (χ0n) is 15.3. The molecular formula is C17H36N4O2. The van der Waals surface area contributed by atoms with Crippen LogP contribution in [0.25, 0.3) is 0 Å². The number of rotatable bonds is 15. The van der Waals surface area contributed by atoms with Crippen LogP contribution < -0.4 is 21.3 Å². The molecule has 4 N–H and O–H groups in total. The van der Waals surface area contributed by atoms with Gasteiger partial charge in [-0.3, -0.25) is 9.59 Å². The van der Waals surface area contributed by atoms with Crippen molar-refractivity contribution in [3.63, 3.8) is 0 Å². The summed E-state index contributed by atoms with van der Waals surface area (Å²) in [5.74, 6) is 0.135. The van der Waals surface area contributed by atoms with Crippen LogP contribution in [0.1, 0.15) is 51.9 Å². The van der Waals surface area contributed by atoms with Gasteiger partial charge in [0, 0.05) is 12.5 Å². The van der Waals surface area contributed by atoms with Gasteiger partial charge in [-0.05, 0) is 66.8 Å². The third-order valence-corrected chi connectivity index (χ3v) is 3.94. The SMILES string of the molecule is CNCCCCC(CC(C)=O)NC(=O)C(CCCCNC)NC. The first-order chi connectivity index (χ1) is 11.0. The van der Waals surface area contributed by atoms with E-state index in [0.717, 1.165) is 51.6 Å². The minimum absolute atomic E-state index is 0.0109. The van der Waals surface area contributed by atoms with E-state index in [1.807, 2.05) is 21.1 Å². The first-order valence-corrected chi connectivity index (χ1v) is 8.81. The molecule has 0 saturated heterocycles. The van der Waals surface area contributed by atoms with Crippen LogP contribution >= 0.6 is 0 Å². The van der Waals surface area contributed by atoms with Crippen molar-refractivity contribution in [3.05, 3.63) is 0 Å². The van der Waals surface area contributed by atoms with E-state index in [0.29, 0.717) is 6.42 Å². The lowest BCUT2D eigenvalue weighted by Gasteiger charge is -2.22. The fraction of sp³-hybridized carbons (Fsp3) is 0.882. The lowest BCUT2D eigenvalue weighted by Crippen LogP contribution is -2.47. The highest BCUT2D eigenvalue weighted by Gasteiger charge is 2.20. The molecular weight excluding hydrogens is 292 g/mol. The Kier molecular flexibility index (Phi) is 14.0. The minimum Gasteiger partial charge on any atom is -0.352 e. The first-order valence-electron chi connectivity index (χ1n) is 8.81. The van der Waals surface area contributed by atoms with Gasteiger partial charge in [-0.1, -0.05) is 12.8 Å². The Morgan fingerprint density at radius 3 is 1.91 bits per heavy atom. The fourth-order valence-electron chi connectivity index (χ4n) is 2.62. The van der Waals surface area contributed by atoms with Gasteiger partial charge >= 0.3 is 0 Å². The molecule has 136 valence electrons. The van der Waals surface area contributed by atoms with Gasteiger partial charge in [0.1, 0.15) is 5.78 Å². The van der Waals surface area contributed by atoms with Crippen molar-refractivity contribution in [1.29, 1.82) is 0 Å². The summed E-state index contributed by atoms with van der Waals surface area (Å²) in [6.07, 6.45) is 6.20. The maximum Gasteiger partial charge on any atom is 0.237 e. The average Bonchev–Trinajstić information content (AvgIpc) is 2.50. The van der Waals surface area contributed by atoms with E-state index in [-0.39, 0.29) is 23.8 Å². The summed E-state index contributed by atoms with van der Waals surface area (Å²) in [5.41, 5.74) is 0. The Morgan fingerprint density at radius 1 is 0.870 bits per heavy atom. The zero-order valence-corrected chi connectivity index (χ0v) is 15.3. The molecule has 23 heavy (non-hydrogen) atoms. The maximum absolute atomic E-state index is 12.4. The molecule has 0 heterocycles. The summed E-state index contributed by atoms with van der Waals surface area (Å²) in [5, 5.41) is 12.4. The molecule has 6 nitrogen and oxygen atoms in total. The Hall–Kier alpha value is -0.980. The minimum atomic E-state index is -0.182. The summed E-state index contributed by atoms with van der Waals surface area (Å²) >= 11 is 0. The average molecular weight is 329 g/mol. The lowest BCUT2D eigenvalue weighted by molar-refractivity contribution is -0.124. The van der Waals surface area contributed by atoms with Crippen LogP contribution in [0.15, 0.2) is 0 Å². The molecule has 0 spiro atoms. The van der Waals surface area contributed by atoms with Crippen LogP contribution in [-0.4, -0.2) is 58.0 Å². The summed E-state index contributed by atoms with van der Waals surface area (Å²) in [4.78, 5) is 23.8. The first kappa shape index (κ1) is 22.0. The number of amides is 1. The second-order valence-electron chi connectivity index (χ2n) is 6.15. The number of carbonyl (C=O) groups excluding carboxylic acids is 2. The molecule has 0 aromatic carbocycles. The number of ketones is 1. The fourth-order valence-corrected chi connectivity index (χ4v) is 2.62. The number of unbranched alkanes of at least 4 members (excludes halogenated alkanes) is 2. The number of hydrogen-bond acceptors (Lipinski definition) is 5. The monoisotopic (exact) mass is 328 g/mol. The summed E-state index contributed by atoms with van der Waals surface area (Å²) < 4.78 is 0. The second-order valence-corrected chi connectivity index (χ2v) is 6.15. The number of hydrogen-bond donors (Lipinski definition) is 4. The molecule has 2 unspecified atom stereocenters. The Balaban J connectivity index is 4.31.